The number of hydrogen-bond donors (Lipinski definition) is 2. The number of nitrogens with two attached hydrogens (primary N) is 1. The number of aryl methyl sites for hydroxylation is 1. The number of rotatable bonds is 4. The van der Waals surface area contributed by atoms with Gasteiger partial charge in [-0.25, -0.2) is 4.68 Å². The van der Waals surface area contributed by atoms with E-state index in [0.29, 0.717) is 5.69 Å². The van der Waals surface area contributed by atoms with Crippen LogP contribution in [0, 0.1) is 0 Å². The molecule has 0 saturated heterocycles. The zero-order chi connectivity index (χ0) is 19.7. The molecular formula is C21H22N4O2S. The minimum Gasteiger partial charge on any atom is -0.394 e. The molecule has 2 aromatic heterocycles. The van der Waals surface area contributed by atoms with Gasteiger partial charge in [0.25, 0.3) is 5.56 Å². The van der Waals surface area contributed by atoms with Crippen molar-refractivity contribution in [1.29, 1.82) is 0 Å². The number of nitrogens with zero attached hydrogens (tertiary/aromatic N) is 2. The number of nitrogen functional groups attached to an aromatic ring is 1. The van der Waals surface area contributed by atoms with Crippen molar-refractivity contribution in [2.75, 3.05) is 11.1 Å². The highest BCUT2D eigenvalue weighted by molar-refractivity contribution is 7.13. The molecule has 1 aromatic carbocycles. The van der Waals surface area contributed by atoms with Crippen LogP contribution in [-0.2, 0) is 17.6 Å². The van der Waals surface area contributed by atoms with Gasteiger partial charge < -0.3 is 11.1 Å². The summed E-state index contributed by atoms with van der Waals surface area (Å²) in [6.45, 7) is 1.66. The first-order valence-electron chi connectivity index (χ1n) is 9.39. The summed E-state index contributed by atoms with van der Waals surface area (Å²) in [6, 6.07) is 10.6. The molecular weight excluding hydrogens is 372 g/mol. The molecule has 0 aliphatic heterocycles. The molecule has 0 radical (unpaired) electrons. The third-order valence-electron chi connectivity index (χ3n) is 5.14. The second-order valence-electron chi connectivity index (χ2n) is 7.03. The number of amides is 1. The zero-order valence-corrected chi connectivity index (χ0v) is 16.5. The van der Waals surface area contributed by atoms with Crippen LogP contribution in [0.1, 0.15) is 36.9 Å². The van der Waals surface area contributed by atoms with Gasteiger partial charge in [0.05, 0.1) is 4.88 Å². The third kappa shape index (κ3) is 3.45. The maximum Gasteiger partial charge on any atom is 0.290 e. The summed E-state index contributed by atoms with van der Waals surface area (Å²) in [7, 11) is 0. The molecule has 6 nitrogen and oxygen atoms in total. The van der Waals surface area contributed by atoms with E-state index >= 15 is 0 Å². The molecule has 1 aliphatic rings. The molecule has 3 aromatic rings. The first-order chi connectivity index (χ1) is 13.5. The van der Waals surface area contributed by atoms with Crippen LogP contribution in [0.5, 0.6) is 0 Å². The molecule has 2 heterocycles. The average molecular weight is 394 g/mol. The molecule has 1 unspecified atom stereocenters. The highest BCUT2D eigenvalue weighted by Crippen LogP contribution is 2.28. The lowest BCUT2D eigenvalue weighted by molar-refractivity contribution is -0.119. The summed E-state index contributed by atoms with van der Waals surface area (Å²) in [4.78, 5) is 26.3. The van der Waals surface area contributed by atoms with Gasteiger partial charge in [-0.15, -0.1) is 11.3 Å². The van der Waals surface area contributed by atoms with E-state index in [-0.39, 0.29) is 11.6 Å². The normalized spacial score (nSPS) is 14.3. The summed E-state index contributed by atoms with van der Waals surface area (Å²) in [5.74, 6) is -0.281. The molecule has 4 rings (SSSR count). The van der Waals surface area contributed by atoms with E-state index in [9.17, 15) is 9.59 Å². The highest BCUT2D eigenvalue weighted by atomic mass is 32.1. The molecule has 144 valence electrons. The first-order valence-corrected chi connectivity index (χ1v) is 10.3. The van der Waals surface area contributed by atoms with Crippen LogP contribution in [0.15, 0.2) is 46.6 Å². The predicted octanol–water partition coefficient (Wildman–Crippen LogP) is 3.63. The summed E-state index contributed by atoms with van der Waals surface area (Å²) in [5, 5.41) is 9.32. The quantitative estimate of drug-likeness (QED) is 0.707. The van der Waals surface area contributed by atoms with Crippen molar-refractivity contribution in [3.8, 4) is 10.6 Å². The van der Waals surface area contributed by atoms with E-state index in [2.05, 4.69) is 16.5 Å². The molecule has 1 aliphatic carbocycles. The molecule has 7 heteroatoms. The Balaban J connectivity index is 1.64. The number of hydrogen-bond acceptors (Lipinski definition) is 5. The minimum absolute atomic E-state index is 0.0788. The predicted molar refractivity (Wildman–Crippen MR) is 113 cm³/mol. The molecule has 1 amide bonds. The van der Waals surface area contributed by atoms with Crippen molar-refractivity contribution in [2.45, 2.75) is 38.6 Å². The zero-order valence-electron chi connectivity index (χ0n) is 15.6. The van der Waals surface area contributed by atoms with Gasteiger partial charge >= 0.3 is 0 Å². The van der Waals surface area contributed by atoms with Gasteiger partial charge in [0, 0.05) is 5.69 Å². The number of carbonyl (C=O) groups is 1. The molecule has 0 saturated carbocycles. The standard InChI is InChI=1S/C21H22N4O2S/c1-13(20(26)23-17-9-4-7-14-6-2-3-8-15(14)17)25-21(27)16(22)12-18(24-25)19-10-5-11-28-19/h4-5,7,9-13H,2-3,6,8,22H2,1H3,(H,23,26). The second kappa shape index (κ2) is 7.59. The lowest BCUT2D eigenvalue weighted by atomic mass is 9.90. The van der Waals surface area contributed by atoms with Crippen LogP contribution in [-0.4, -0.2) is 15.7 Å². The maximum absolute atomic E-state index is 12.9. The molecule has 28 heavy (non-hydrogen) atoms. The Morgan fingerprint density at radius 3 is 2.86 bits per heavy atom. The largest absolute Gasteiger partial charge is 0.394 e. The summed E-state index contributed by atoms with van der Waals surface area (Å²) in [6.07, 6.45) is 4.29. The van der Waals surface area contributed by atoms with E-state index in [1.807, 2.05) is 29.6 Å². The Morgan fingerprint density at radius 1 is 1.25 bits per heavy atom. The Kier molecular flexibility index (Phi) is 5.00. The topological polar surface area (TPSA) is 90.0 Å². The number of carbonyl (C=O) groups excluding carboxylic acids is 1. The minimum atomic E-state index is -0.783. The molecule has 0 fully saturated rings. The second-order valence-corrected chi connectivity index (χ2v) is 7.98. The van der Waals surface area contributed by atoms with Gasteiger partial charge in [0.1, 0.15) is 17.4 Å². The van der Waals surface area contributed by atoms with Crippen LogP contribution in [0.3, 0.4) is 0 Å². The molecule has 3 N–H and O–H groups in total. The lowest BCUT2D eigenvalue weighted by Gasteiger charge is -2.21. The first kappa shape index (κ1) is 18.4. The van der Waals surface area contributed by atoms with Gasteiger partial charge in [0.15, 0.2) is 0 Å². The van der Waals surface area contributed by atoms with E-state index in [1.54, 1.807) is 13.0 Å². The SMILES string of the molecule is CC(C(=O)Nc1cccc2c1CCCC2)n1nc(-c2cccs2)cc(N)c1=O. The van der Waals surface area contributed by atoms with Crippen LogP contribution in [0.2, 0.25) is 0 Å². The molecule has 0 spiro atoms. The van der Waals surface area contributed by atoms with E-state index in [1.165, 1.54) is 33.6 Å². The Labute approximate surface area is 167 Å². The van der Waals surface area contributed by atoms with Crippen LogP contribution in [0.25, 0.3) is 10.6 Å². The monoisotopic (exact) mass is 394 g/mol. The molecule has 0 bridgehead atoms. The Hall–Kier alpha value is -2.93. The van der Waals surface area contributed by atoms with Gasteiger partial charge in [-0.05, 0) is 67.3 Å². The number of fused-ring (bicyclic) bond motifs is 1. The number of anilines is 2. The van der Waals surface area contributed by atoms with E-state index in [0.717, 1.165) is 29.8 Å². The summed E-state index contributed by atoms with van der Waals surface area (Å²) < 4.78 is 1.18. The summed E-state index contributed by atoms with van der Waals surface area (Å²) in [5.41, 5.74) is 9.42. The van der Waals surface area contributed by atoms with Crippen LogP contribution < -0.4 is 16.6 Å². The number of benzene rings is 1. The van der Waals surface area contributed by atoms with Crippen molar-refractivity contribution in [1.82, 2.24) is 9.78 Å². The fourth-order valence-corrected chi connectivity index (χ4v) is 4.27. The highest BCUT2D eigenvalue weighted by Gasteiger charge is 2.22. The number of nitrogens with one attached hydrogen (secondary N) is 1. The molecule has 1 atom stereocenters. The number of thiophene rings is 1. The fraction of sp³-hybridized carbons (Fsp3) is 0.286. The van der Waals surface area contributed by atoms with Crippen molar-refractivity contribution in [3.63, 3.8) is 0 Å². The van der Waals surface area contributed by atoms with Gasteiger partial charge in [0.2, 0.25) is 5.91 Å². The number of aromatic nitrogens is 2. The average Bonchev–Trinajstić information content (AvgIpc) is 3.24. The van der Waals surface area contributed by atoms with Gasteiger partial charge in [-0.2, -0.15) is 5.10 Å². The lowest BCUT2D eigenvalue weighted by Crippen LogP contribution is -2.35. The van der Waals surface area contributed by atoms with Gasteiger partial charge in [-0.1, -0.05) is 18.2 Å². The van der Waals surface area contributed by atoms with Crippen molar-refractivity contribution < 1.29 is 4.79 Å². The Morgan fingerprint density at radius 2 is 2.07 bits per heavy atom. The third-order valence-corrected chi connectivity index (χ3v) is 6.03. The van der Waals surface area contributed by atoms with Crippen molar-refractivity contribution in [3.05, 3.63) is 63.3 Å². The van der Waals surface area contributed by atoms with E-state index in [4.69, 9.17) is 5.73 Å². The maximum atomic E-state index is 12.9. The fourth-order valence-electron chi connectivity index (χ4n) is 3.59. The Bertz CT molecular complexity index is 1070. The van der Waals surface area contributed by atoms with E-state index < -0.39 is 11.6 Å². The smallest absolute Gasteiger partial charge is 0.290 e. The van der Waals surface area contributed by atoms with Crippen molar-refractivity contribution in [2.24, 2.45) is 0 Å². The van der Waals surface area contributed by atoms with Crippen LogP contribution in [0.4, 0.5) is 11.4 Å². The van der Waals surface area contributed by atoms with Crippen LogP contribution >= 0.6 is 11.3 Å². The van der Waals surface area contributed by atoms with Crippen molar-refractivity contribution >= 4 is 28.6 Å². The van der Waals surface area contributed by atoms with Gasteiger partial charge in [-0.3, -0.25) is 9.59 Å². The summed E-state index contributed by atoms with van der Waals surface area (Å²) >= 11 is 1.50.